The first-order chi connectivity index (χ1) is 9.20. The first kappa shape index (κ1) is 14.6. The van der Waals surface area contributed by atoms with Gasteiger partial charge < -0.3 is 9.73 Å². The predicted octanol–water partition coefficient (Wildman–Crippen LogP) is 3.40. The van der Waals surface area contributed by atoms with Gasteiger partial charge in [0.1, 0.15) is 5.76 Å². The Hall–Kier alpha value is -0.800. The van der Waals surface area contributed by atoms with Crippen LogP contribution >= 0.6 is 0 Å². The van der Waals surface area contributed by atoms with Gasteiger partial charge in [-0.1, -0.05) is 13.8 Å². The predicted molar refractivity (Wildman–Crippen MR) is 79.0 cm³/mol. The first-order valence-electron chi connectivity index (χ1n) is 7.70. The topological polar surface area (TPSA) is 28.4 Å². The van der Waals surface area contributed by atoms with Crippen LogP contribution in [0.5, 0.6) is 0 Å². The summed E-state index contributed by atoms with van der Waals surface area (Å²) in [6.45, 7) is 11.1. The van der Waals surface area contributed by atoms with Crippen LogP contribution < -0.4 is 5.32 Å². The lowest BCUT2D eigenvalue weighted by Gasteiger charge is -2.36. The molecule has 1 aromatic rings. The van der Waals surface area contributed by atoms with Crippen molar-refractivity contribution in [2.24, 2.45) is 5.92 Å². The van der Waals surface area contributed by atoms with Gasteiger partial charge >= 0.3 is 0 Å². The maximum Gasteiger partial charge on any atom is 0.122 e. The SMILES string of the molecule is CCCNCc1occc1CN1CC(C)CCC1C. The third kappa shape index (κ3) is 4.08. The molecule has 3 nitrogen and oxygen atoms in total. The Morgan fingerprint density at radius 2 is 2.21 bits per heavy atom. The molecule has 1 N–H and O–H groups in total. The van der Waals surface area contributed by atoms with E-state index in [1.165, 1.54) is 24.9 Å². The fourth-order valence-electron chi connectivity index (χ4n) is 2.86. The third-order valence-electron chi connectivity index (χ3n) is 4.17. The molecule has 0 bridgehead atoms. The van der Waals surface area contributed by atoms with Crippen molar-refractivity contribution < 1.29 is 4.42 Å². The van der Waals surface area contributed by atoms with Crippen molar-refractivity contribution in [2.75, 3.05) is 13.1 Å². The molecule has 1 fully saturated rings. The summed E-state index contributed by atoms with van der Waals surface area (Å²) in [6, 6.07) is 2.83. The standard InChI is InChI=1S/C16H28N2O/c1-4-8-17-10-16-15(7-9-19-16)12-18-11-13(2)5-6-14(18)3/h7,9,13-14,17H,4-6,8,10-12H2,1-3H3. The second kappa shape index (κ2) is 7.11. The molecule has 19 heavy (non-hydrogen) atoms. The van der Waals surface area contributed by atoms with Crippen LogP contribution in [0.1, 0.15) is 51.4 Å². The van der Waals surface area contributed by atoms with E-state index < -0.39 is 0 Å². The quantitative estimate of drug-likeness (QED) is 0.798. The lowest BCUT2D eigenvalue weighted by atomic mass is 9.94. The highest BCUT2D eigenvalue weighted by molar-refractivity contribution is 5.17. The average Bonchev–Trinajstić information content (AvgIpc) is 2.82. The monoisotopic (exact) mass is 264 g/mol. The first-order valence-corrected chi connectivity index (χ1v) is 7.70. The zero-order valence-electron chi connectivity index (χ0n) is 12.6. The smallest absolute Gasteiger partial charge is 0.122 e. The number of hydrogen-bond acceptors (Lipinski definition) is 3. The highest BCUT2D eigenvalue weighted by Gasteiger charge is 2.23. The van der Waals surface area contributed by atoms with Gasteiger partial charge in [-0.05, 0) is 44.7 Å². The molecule has 2 rings (SSSR count). The van der Waals surface area contributed by atoms with Gasteiger partial charge in [0.25, 0.3) is 0 Å². The van der Waals surface area contributed by atoms with Crippen molar-refractivity contribution >= 4 is 0 Å². The fraction of sp³-hybridized carbons (Fsp3) is 0.750. The van der Waals surface area contributed by atoms with Crippen LogP contribution in [-0.4, -0.2) is 24.0 Å². The second-order valence-electron chi connectivity index (χ2n) is 6.01. The number of rotatable bonds is 6. The minimum absolute atomic E-state index is 0.697. The van der Waals surface area contributed by atoms with E-state index in [1.54, 1.807) is 0 Å². The molecule has 1 aromatic heterocycles. The normalized spacial score (nSPS) is 24.8. The molecule has 2 atom stereocenters. The Balaban J connectivity index is 1.92. The van der Waals surface area contributed by atoms with Crippen molar-refractivity contribution in [3.8, 4) is 0 Å². The summed E-state index contributed by atoms with van der Waals surface area (Å²) in [7, 11) is 0. The van der Waals surface area contributed by atoms with E-state index in [9.17, 15) is 0 Å². The van der Waals surface area contributed by atoms with Gasteiger partial charge in [-0.25, -0.2) is 0 Å². The fourth-order valence-corrected chi connectivity index (χ4v) is 2.86. The van der Waals surface area contributed by atoms with Crippen molar-refractivity contribution in [1.29, 1.82) is 0 Å². The summed E-state index contributed by atoms with van der Waals surface area (Å²) >= 11 is 0. The summed E-state index contributed by atoms with van der Waals surface area (Å²) in [5.41, 5.74) is 1.35. The number of piperidine rings is 1. The van der Waals surface area contributed by atoms with E-state index in [0.717, 1.165) is 37.7 Å². The molecule has 2 unspecified atom stereocenters. The molecule has 1 aliphatic heterocycles. The molecule has 0 saturated carbocycles. The zero-order chi connectivity index (χ0) is 13.7. The zero-order valence-corrected chi connectivity index (χ0v) is 12.6. The molecule has 2 heterocycles. The molecular weight excluding hydrogens is 236 g/mol. The minimum atomic E-state index is 0.697. The molecular formula is C16H28N2O. The molecule has 0 amide bonds. The van der Waals surface area contributed by atoms with Crippen molar-refractivity contribution in [2.45, 2.75) is 59.2 Å². The van der Waals surface area contributed by atoms with E-state index in [-0.39, 0.29) is 0 Å². The van der Waals surface area contributed by atoms with Gasteiger partial charge in [0, 0.05) is 24.7 Å². The van der Waals surface area contributed by atoms with Crippen LogP contribution in [0.3, 0.4) is 0 Å². The van der Waals surface area contributed by atoms with Crippen LogP contribution in [0.2, 0.25) is 0 Å². The minimum Gasteiger partial charge on any atom is -0.468 e. The summed E-state index contributed by atoms with van der Waals surface area (Å²) in [5, 5.41) is 3.42. The van der Waals surface area contributed by atoms with Crippen LogP contribution in [0, 0.1) is 5.92 Å². The highest BCUT2D eigenvalue weighted by Crippen LogP contribution is 2.24. The lowest BCUT2D eigenvalue weighted by Crippen LogP contribution is -2.40. The summed E-state index contributed by atoms with van der Waals surface area (Å²) in [4.78, 5) is 2.60. The molecule has 0 radical (unpaired) electrons. The van der Waals surface area contributed by atoms with Crippen LogP contribution in [0.25, 0.3) is 0 Å². The largest absolute Gasteiger partial charge is 0.468 e. The summed E-state index contributed by atoms with van der Waals surface area (Å²) < 4.78 is 5.63. The number of nitrogens with one attached hydrogen (secondary N) is 1. The molecule has 1 aliphatic rings. The van der Waals surface area contributed by atoms with Crippen molar-refractivity contribution in [3.05, 3.63) is 23.7 Å². The third-order valence-corrected chi connectivity index (χ3v) is 4.17. The summed E-state index contributed by atoms with van der Waals surface area (Å²) in [5.74, 6) is 1.93. The van der Waals surface area contributed by atoms with Gasteiger partial charge in [-0.3, -0.25) is 4.90 Å². The van der Waals surface area contributed by atoms with E-state index in [4.69, 9.17) is 4.42 Å². The molecule has 0 aliphatic carbocycles. The number of nitrogens with zero attached hydrogens (tertiary/aromatic N) is 1. The van der Waals surface area contributed by atoms with E-state index in [2.05, 4.69) is 37.1 Å². The Labute approximate surface area is 117 Å². The highest BCUT2D eigenvalue weighted by atomic mass is 16.3. The molecule has 0 spiro atoms. The number of furan rings is 1. The molecule has 108 valence electrons. The summed E-state index contributed by atoms with van der Waals surface area (Å²) in [6.07, 6.45) is 5.68. The number of likely N-dealkylation sites (tertiary alicyclic amines) is 1. The van der Waals surface area contributed by atoms with Crippen LogP contribution in [-0.2, 0) is 13.1 Å². The average molecular weight is 264 g/mol. The Kier molecular flexibility index (Phi) is 5.46. The maximum atomic E-state index is 5.63. The van der Waals surface area contributed by atoms with Gasteiger partial charge in [-0.2, -0.15) is 0 Å². The van der Waals surface area contributed by atoms with Gasteiger partial charge in [-0.15, -0.1) is 0 Å². The Morgan fingerprint density at radius 1 is 1.37 bits per heavy atom. The van der Waals surface area contributed by atoms with Crippen LogP contribution in [0.15, 0.2) is 16.7 Å². The van der Waals surface area contributed by atoms with E-state index in [1.807, 2.05) is 6.26 Å². The Morgan fingerprint density at radius 3 is 3.00 bits per heavy atom. The van der Waals surface area contributed by atoms with Gasteiger partial charge in [0.05, 0.1) is 12.8 Å². The van der Waals surface area contributed by atoms with E-state index >= 15 is 0 Å². The molecule has 3 heteroatoms. The van der Waals surface area contributed by atoms with Gasteiger partial charge in [0.15, 0.2) is 0 Å². The van der Waals surface area contributed by atoms with Gasteiger partial charge in [0.2, 0.25) is 0 Å². The molecule has 1 saturated heterocycles. The maximum absolute atomic E-state index is 5.63. The van der Waals surface area contributed by atoms with E-state index in [0.29, 0.717) is 6.04 Å². The lowest BCUT2D eigenvalue weighted by molar-refractivity contribution is 0.116. The van der Waals surface area contributed by atoms with Crippen molar-refractivity contribution in [1.82, 2.24) is 10.2 Å². The van der Waals surface area contributed by atoms with Crippen LogP contribution in [0.4, 0.5) is 0 Å². The molecule has 0 aromatic carbocycles. The number of hydrogen-bond donors (Lipinski definition) is 1. The van der Waals surface area contributed by atoms with Crippen molar-refractivity contribution in [3.63, 3.8) is 0 Å². The Bertz CT molecular complexity index is 375. The second-order valence-corrected chi connectivity index (χ2v) is 6.01.